The Labute approximate surface area is 126 Å². The van der Waals surface area contributed by atoms with Crippen LogP contribution in [0.25, 0.3) is 0 Å². The summed E-state index contributed by atoms with van der Waals surface area (Å²) in [5.74, 6) is 0.683. The van der Waals surface area contributed by atoms with E-state index in [1.165, 1.54) is 5.56 Å². The van der Waals surface area contributed by atoms with Crippen molar-refractivity contribution in [3.8, 4) is 0 Å². The van der Waals surface area contributed by atoms with Crippen molar-refractivity contribution in [3.63, 3.8) is 0 Å². The molecular weight excluding hydrogens is 268 g/mol. The van der Waals surface area contributed by atoms with E-state index in [9.17, 15) is 5.11 Å². The van der Waals surface area contributed by atoms with Gasteiger partial charge in [0.25, 0.3) is 0 Å². The SMILES string of the molecule is COC1C(O)CC2C(c3ccccc3)CCOC2C1OC. The highest BCUT2D eigenvalue weighted by atomic mass is 16.6. The lowest BCUT2D eigenvalue weighted by molar-refractivity contribution is -0.210. The molecule has 6 atom stereocenters. The maximum atomic E-state index is 10.4. The highest BCUT2D eigenvalue weighted by Crippen LogP contribution is 2.44. The van der Waals surface area contributed by atoms with Gasteiger partial charge in [0.2, 0.25) is 0 Å². The van der Waals surface area contributed by atoms with Gasteiger partial charge in [-0.25, -0.2) is 0 Å². The van der Waals surface area contributed by atoms with Crippen LogP contribution in [0.15, 0.2) is 30.3 Å². The molecule has 1 saturated carbocycles. The Kier molecular flexibility index (Phi) is 4.60. The first-order valence-corrected chi connectivity index (χ1v) is 7.66. The van der Waals surface area contributed by atoms with Crippen LogP contribution in [0, 0.1) is 5.92 Å². The normalized spacial score (nSPS) is 39.8. The summed E-state index contributed by atoms with van der Waals surface area (Å²) in [4.78, 5) is 0. The molecule has 3 rings (SSSR count). The lowest BCUT2D eigenvalue weighted by Gasteiger charge is -2.49. The van der Waals surface area contributed by atoms with E-state index >= 15 is 0 Å². The maximum absolute atomic E-state index is 10.4. The number of aliphatic hydroxyl groups is 1. The lowest BCUT2D eigenvalue weighted by Crippen LogP contribution is -2.58. The van der Waals surface area contributed by atoms with Crippen molar-refractivity contribution in [2.24, 2.45) is 5.92 Å². The second-order valence-electron chi connectivity index (χ2n) is 6.01. The summed E-state index contributed by atoms with van der Waals surface area (Å²) in [7, 11) is 3.29. The summed E-state index contributed by atoms with van der Waals surface area (Å²) in [6.45, 7) is 0.729. The van der Waals surface area contributed by atoms with E-state index < -0.39 is 6.10 Å². The molecule has 1 aliphatic heterocycles. The Morgan fingerprint density at radius 3 is 2.48 bits per heavy atom. The maximum Gasteiger partial charge on any atom is 0.112 e. The number of aliphatic hydroxyl groups excluding tert-OH is 1. The largest absolute Gasteiger partial charge is 0.390 e. The molecule has 2 fully saturated rings. The Morgan fingerprint density at radius 2 is 1.81 bits per heavy atom. The number of hydrogen-bond acceptors (Lipinski definition) is 4. The Morgan fingerprint density at radius 1 is 1.10 bits per heavy atom. The van der Waals surface area contributed by atoms with Crippen LogP contribution in [-0.2, 0) is 14.2 Å². The molecule has 1 heterocycles. The predicted molar refractivity (Wildman–Crippen MR) is 79.2 cm³/mol. The molecule has 0 spiro atoms. The molecule has 116 valence electrons. The van der Waals surface area contributed by atoms with Crippen molar-refractivity contribution < 1.29 is 19.3 Å². The van der Waals surface area contributed by atoms with E-state index in [2.05, 4.69) is 24.3 Å². The average molecular weight is 292 g/mol. The summed E-state index contributed by atoms with van der Waals surface area (Å²) in [5.41, 5.74) is 1.33. The number of rotatable bonds is 3. The summed E-state index contributed by atoms with van der Waals surface area (Å²) >= 11 is 0. The number of ether oxygens (including phenoxy) is 3. The number of methoxy groups -OCH3 is 2. The molecule has 1 N–H and O–H groups in total. The van der Waals surface area contributed by atoms with Crippen molar-refractivity contribution in [1.82, 2.24) is 0 Å². The minimum atomic E-state index is -0.505. The Balaban J connectivity index is 1.88. The molecule has 1 aromatic rings. The number of fused-ring (bicyclic) bond motifs is 1. The van der Waals surface area contributed by atoms with Crippen molar-refractivity contribution in [1.29, 1.82) is 0 Å². The smallest absolute Gasteiger partial charge is 0.112 e. The number of hydrogen-bond donors (Lipinski definition) is 1. The van der Waals surface area contributed by atoms with E-state index in [4.69, 9.17) is 14.2 Å². The monoisotopic (exact) mass is 292 g/mol. The molecule has 0 radical (unpaired) electrons. The van der Waals surface area contributed by atoms with Crippen molar-refractivity contribution in [2.45, 2.75) is 43.2 Å². The first kappa shape index (κ1) is 15.0. The third-order valence-corrected chi connectivity index (χ3v) is 4.99. The molecule has 4 nitrogen and oxygen atoms in total. The Hall–Kier alpha value is -0.940. The first-order chi connectivity index (χ1) is 10.3. The van der Waals surface area contributed by atoms with Gasteiger partial charge >= 0.3 is 0 Å². The van der Waals surface area contributed by atoms with E-state index in [0.717, 1.165) is 13.0 Å². The van der Waals surface area contributed by atoms with Crippen LogP contribution in [-0.4, -0.2) is 50.3 Å². The van der Waals surface area contributed by atoms with Gasteiger partial charge in [0, 0.05) is 20.8 Å². The summed E-state index contributed by atoms with van der Waals surface area (Å²) in [6, 6.07) is 10.5. The third-order valence-electron chi connectivity index (χ3n) is 4.99. The molecule has 1 aliphatic carbocycles. The standard InChI is InChI=1S/C17H24O4/c1-19-16-14(18)10-13-12(11-6-4-3-5-7-11)8-9-21-15(13)17(16)20-2/h3-7,12-18H,8-10H2,1-2H3. The van der Waals surface area contributed by atoms with Crippen LogP contribution in [0.1, 0.15) is 24.3 Å². The third kappa shape index (κ3) is 2.73. The fourth-order valence-corrected chi connectivity index (χ4v) is 4.03. The van der Waals surface area contributed by atoms with Gasteiger partial charge in [-0.3, -0.25) is 0 Å². The van der Waals surface area contributed by atoms with Gasteiger partial charge < -0.3 is 19.3 Å². The highest BCUT2D eigenvalue weighted by Gasteiger charge is 2.50. The van der Waals surface area contributed by atoms with Gasteiger partial charge in [0.15, 0.2) is 0 Å². The molecule has 0 bridgehead atoms. The van der Waals surface area contributed by atoms with Crippen LogP contribution in [0.5, 0.6) is 0 Å². The molecule has 0 aromatic heterocycles. The van der Waals surface area contributed by atoms with Gasteiger partial charge in [-0.05, 0) is 30.2 Å². The topological polar surface area (TPSA) is 47.9 Å². The zero-order valence-electron chi connectivity index (χ0n) is 12.6. The van der Waals surface area contributed by atoms with Crippen LogP contribution in [0.4, 0.5) is 0 Å². The summed E-state index contributed by atoms with van der Waals surface area (Å²) in [5, 5.41) is 10.4. The summed E-state index contributed by atoms with van der Waals surface area (Å²) in [6.07, 6.45) is 0.645. The molecule has 4 heteroatoms. The molecule has 1 saturated heterocycles. The second kappa shape index (κ2) is 6.44. The second-order valence-corrected chi connectivity index (χ2v) is 6.01. The van der Waals surface area contributed by atoms with Crippen molar-refractivity contribution in [2.75, 3.05) is 20.8 Å². The number of benzene rings is 1. The first-order valence-electron chi connectivity index (χ1n) is 7.66. The van der Waals surface area contributed by atoms with E-state index in [-0.39, 0.29) is 24.2 Å². The van der Waals surface area contributed by atoms with Gasteiger partial charge in [-0.1, -0.05) is 30.3 Å². The van der Waals surface area contributed by atoms with Crippen LogP contribution < -0.4 is 0 Å². The fraction of sp³-hybridized carbons (Fsp3) is 0.647. The van der Waals surface area contributed by atoms with Crippen molar-refractivity contribution in [3.05, 3.63) is 35.9 Å². The zero-order valence-corrected chi connectivity index (χ0v) is 12.6. The predicted octanol–water partition coefficient (Wildman–Crippen LogP) is 1.97. The summed E-state index contributed by atoms with van der Waals surface area (Å²) < 4.78 is 17.1. The van der Waals surface area contributed by atoms with E-state index in [0.29, 0.717) is 12.3 Å². The lowest BCUT2D eigenvalue weighted by atomic mass is 9.69. The van der Waals surface area contributed by atoms with E-state index in [1.54, 1.807) is 14.2 Å². The van der Waals surface area contributed by atoms with Crippen LogP contribution >= 0.6 is 0 Å². The molecule has 0 amide bonds. The van der Waals surface area contributed by atoms with Crippen LogP contribution in [0.3, 0.4) is 0 Å². The minimum absolute atomic E-state index is 0.0118. The zero-order chi connectivity index (χ0) is 14.8. The van der Waals surface area contributed by atoms with E-state index in [1.807, 2.05) is 6.07 Å². The average Bonchev–Trinajstić information content (AvgIpc) is 2.53. The molecule has 6 unspecified atom stereocenters. The fourth-order valence-electron chi connectivity index (χ4n) is 4.03. The molecular formula is C17H24O4. The quantitative estimate of drug-likeness (QED) is 0.925. The minimum Gasteiger partial charge on any atom is -0.390 e. The van der Waals surface area contributed by atoms with Gasteiger partial charge in [0.1, 0.15) is 12.2 Å². The Bertz CT molecular complexity index is 449. The molecule has 21 heavy (non-hydrogen) atoms. The van der Waals surface area contributed by atoms with Crippen LogP contribution in [0.2, 0.25) is 0 Å². The van der Waals surface area contributed by atoms with Gasteiger partial charge in [-0.2, -0.15) is 0 Å². The van der Waals surface area contributed by atoms with Gasteiger partial charge in [-0.15, -0.1) is 0 Å². The van der Waals surface area contributed by atoms with Crippen molar-refractivity contribution >= 4 is 0 Å². The van der Waals surface area contributed by atoms with Gasteiger partial charge in [0.05, 0.1) is 12.2 Å². The highest BCUT2D eigenvalue weighted by molar-refractivity contribution is 5.22. The molecule has 1 aromatic carbocycles. The molecule has 2 aliphatic rings.